The monoisotopic (exact) mass is 394 g/mol. The molecule has 4 nitrogen and oxygen atoms in total. The highest BCUT2D eigenvalue weighted by Gasteiger charge is 2.53. The fourth-order valence-corrected chi connectivity index (χ4v) is 5.67. The zero-order valence-corrected chi connectivity index (χ0v) is 16.8. The average molecular weight is 394 g/mol. The molecular formula is C24H27FN2O2. The molecule has 3 atom stereocenters. The number of benzene rings is 2. The summed E-state index contributed by atoms with van der Waals surface area (Å²) >= 11 is 0. The Morgan fingerprint density at radius 3 is 2.79 bits per heavy atom. The maximum absolute atomic E-state index is 15.7. The molecule has 1 amide bonds. The van der Waals surface area contributed by atoms with Gasteiger partial charge in [-0.05, 0) is 55.8 Å². The number of carbonyl (C=O) groups excluding carboxylic acids is 1. The SMILES string of the molecule is C[C@@H]1CC2(COCC(=O)N2)C2Cc3cccc(c3F)-c3ccccc3CCCN21. The van der Waals surface area contributed by atoms with E-state index in [2.05, 4.69) is 23.2 Å². The van der Waals surface area contributed by atoms with Crippen molar-refractivity contribution >= 4 is 5.91 Å². The third-order valence-corrected chi connectivity index (χ3v) is 6.91. The molecule has 0 saturated carbocycles. The van der Waals surface area contributed by atoms with Crippen molar-refractivity contribution < 1.29 is 13.9 Å². The van der Waals surface area contributed by atoms with Gasteiger partial charge in [0.2, 0.25) is 5.91 Å². The largest absolute Gasteiger partial charge is 0.369 e. The topological polar surface area (TPSA) is 41.6 Å². The summed E-state index contributed by atoms with van der Waals surface area (Å²) in [7, 11) is 0. The number of amides is 1. The van der Waals surface area contributed by atoms with Gasteiger partial charge in [-0.25, -0.2) is 4.39 Å². The van der Waals surface area contributed by atoms with Gasteiger partial charge in [-0.15, -0.1) is 0 Å². The van der Waals surface area contributed by atoms with E-state index in [-0.39, 0.29) is 24.4 Å². The Morgan fingerprint density at radius 1 is 1.14 bits per heavy atom. The first-order valence-electron chi connectivity index (χ1n) is 10.6. The Bertz CT molecular complexity index is 946. The van der Waals surface area contributed by atoms with Gasteiger partial charge in [0.05, 0.1) is 12.1 Å². The highest BCUT2D eigenvalue weighted by atomic mass is 19.1. The molecule has 5 rings (SSSR count). The van der Waals surface area contributed by atoms with E-state index < -0.39 is 5.54 Å². The Kier molecular flexibility index (Phi) is 4.67. The number of hydrogen-bond donors (Lipinski definition) is 1. The fraction of sp³-hybridized carbons (Fsp3) is 0.458. The van der Waals surface area contributed by atoms with Crippen LogP contribution in [0.15, 0.2) is 42.5 Å². The quantitative estimate of drug-likeness (QED) is 0.745. The van der Waals surface area contributed by atoms with Crippen LogP contribution in [0.25, 0.3) is 11.1 Å². The van der Waals surface area contributed by atoms with Crippen LogP contribution in [0, 0.1) is 5.82 Å². The van der Waals surface area contributed by atoms with Gasteiger partial charge in [0.25, 0.3) is 0 Å². The zero-order chi connectivity index (χ0) is 20.0. The van der Waals surface area contributed by atoms with Crippen molar-refractivity contribution in [2.24, 2.45) is 0 Å². The van der Waals surface area contributed by atoms with Gasteiger partial charge in [-0.2, -0.15) is 0 Å². The third kappa shape index (κ3) is 3.17. The smallest absolute Gasteiger partial charge is 0.246 e. The first kappa shape index (κ1) is 18.8. The molecule has 3 aliphatic rings. The first-order valence-corrected chi connectivity index (χ1v) is 10.6. The van der Waals surface area contributed by atoms with Gasteiger partial charge in [0, 0.05) is 17.6 Å². The predicted octanol–water partition coefficient (Wildman–Crippen LogP) is 3.33. The highest BCUT2D eigenvalue weighted by Crippen LogP contribution is 2.39. The molecule has 2 aromatic rings. The zero-order valence-electron chi connectivity index (χ0n) is 16.8. The lowest BCUT2D eigenvalue weighted by molar-refractivity contribution is -0.136. The molecule has 1 spiro atoms. The average Bonchev–Trinajstić information content (AvgIpc) is 2.93. The van der Waals surface area contributed by atoms with Gasteiger partial charge in [0.15, 0.2) is 0 Å². The summed E-state index contributed by atoms with van der Waals surface area (Å²) in [5.41, 5.74) is 3.12. The number of morpholine rings is 1. The van der Waals surface area contributed by atoms with Crippen LogP contribution < -0.4 is 5.32 Å². The van der Waals surface area contributed by atoms with E-state index in [1.165, 1.54) is 5.56 Å². The number of halogens is 1. The second kappa shape index (κ2) is 7.22. The molecule has 0 radical (unpaired) electrons. The van der Waals surface area contributed by atoms with Gasteiger partial charge < -0.3 is 10.1 Å². The minimum Gasteiger partial charge on any atom is -0.369 e. The van der Waals surface area contributed by atoms with E-state index in [1.54, 1.807) is 0 Å². The summed E-state index contributed by atoms with van der Waals surface area (Å²) in [6.07, 6.45) is 3.31. The second-order valence-corrected chi connectivity index (χ2v) is 8.75. The van der Waals surface area contributed by atoms with Crippen LogP contribution in [0.3, 0.4) is 0 Å². The molecule has 1 N–H and O–H groups in total. The van der Waals surface area contributed by atoms with Crippen molar-refractivity contribution in [2.75, 3.05) is 19.8 Å². The predicted molar refractivity (Wildman–Crippen MR) is 110 cm³/mol. The van der Waals surface area contributed by atoms with Crippen LogP contribution in [0.2, 0.25) is 0 Å². The number of nitrogens with one attached hydrogen (secondary N) is 1. The molecular weight excluding hydrogens is 367 g/mol. The van der Waals surface area contributed by atoms with Gasteiger partial charge in [-0.1, -0.05) is 42.5 Å². The van der Waals surface area contributed by atoms with Crippen LogP contribution in [0.1, 0.15) is 30.9 Å². The Balaban J connectivity index is 1.61. The van der Waals surface area contributed by atoms with E-state index in [4.69, 9.17) is 4.74 Å². The summed E-state index contributed by atoms with van der Waals surface area (Å²) in [6.45, 7) is 3.74. The van der Waals surface area contributed by atoms with Crippen LogP contribution in [0.4, 0.5) is 4.39 Å². The molecule has 152 valence electrons. The van der Waals surface area contributed by atoms with Gasteiger partial charge in [-0.3, -0.25) is 9.69 Å². The number of nitrogens with zero attached hydrogens (tertiary/aromatic N) is 1. The summed E-state index contributed by atoms with van der Waals surface area (Å²) in [6, 6.07) is 14.2. The Hall–Kier alpha value is -2.24. The van der Waals surface area contributed by atoms with Crippen molar-refractivity contribution in [2.45, 2.75) is 50.2 Å². The molecule has 2 unspecified atom stereocenters. The maximum atomic E-state index is 15.7. The first-order chi connectivity index (χ1) is 14.1. The van der Waals surface area contributed by atoms with Crippen LogP contribution in [-0.2, 0) is 22.4 Å². The lowest BCUT2D eigenvalue weighted by Gasteiger charge is -2.41. The number of hydrogen-bond acceptors (Lipinski definition) is 3. The molecule has 5 heteroatoms. The molecule has 2 aromatic carbocycles. The molecule has 0 aliphatic carbocycles. The van der Waals surface area contributed by atoms with Gasteiger partial charge in [0.1, 0.15) is 12.4 Å². The van der Waals surface area contributed by atoms with E-state index in [1.807, 2.05) is 36.4 Å². The van der Waals surface area contributed by atoms with Crippen molar-refractivity contribution in [3.05, 3.63) is 59.4 Å². The number of fused-ring (bicyclic) bond motifs is 6. The second-order valence-electron chi connectivity index (χ2n) is 8.75. The molecule has 29 heavy (non-hydrogen) atoms. The number of aryl methyl sites for hydroxylation is 1. The molecule has 2 bridgehead atoms. The standard InChI is InChI=1S/C24H27FN2O2/c1-16-13-24(15-29-14-22(28)26-24)21-12-18-7-4-10-20(23(18)25)19-9-3-2-6-17(19)8-5-11-27(16)21/h2-4,6-7,9-10,16,21H,5,8,11-15H2,1H3,(H,26,28)/t16-,21?,24?/m1/s1. The van der Waals surface area contributed by atoms with Crippen molar-refractivity contribution in [3.63, 3.8) is 0 Å². The number of carbonyl (C=O) groups is 1. The van der Waals surface area contributed by atoms with E-state index in [9.17, 15) is 4.79 Å². The summed E-state index contributed by atoms with van der Waals surface area (Å²) < 4.78 is 21.3. The molecule has 3 aliphatic heterocycles. The van der Waals surface area contributed by atoms with Crippen LogP contribution in [0.5, 0.6) is 0 Å². The lowest BCUT2D eigenvalue weighted by Crippen LogP contribution is -2.64. The minimum absolute atomic E-state index is 0.0210. The minimum atomic E-state index is -0.446. The van der Waals surface area contributed by atoms with E-state index in [0.29, 0.717) is 30.2 Å². The van der Waals surface area contributed by atoms with Crippen molar-refractivity contribution in [1.29, 1.82) is 0 Å². The Labute approximate surface area is 171 Å². The van der Waals surface area contributed by atoms with Crippen molar-refractivity contribution in [1.82, 2.24) is 10.2 Å². The van der Waals surface area contributed by atoms with Crippen LogP contribution in [-0.4, -0.2) is 48.2 Å². The molecule has 3 heterocycles. The van der Waals surface area contributed by atoms with E-state index in [0.717, 1.165) is 31.4 Å². The van der Waals surface area contributed by atoms with Gasteiger partial charge >= 0.3 is 0 Å². The number of ether oxygens (including phenoxy) is 1. The van der Waals surface area contributed by atoms with Crippen molar-refractivity contribution in [3.8, 4) is 11.1 Å². The van der Waals surface area contributed by atoms with E-state index >= 15 is 4.39 Å². The Morgan fingerprint density at radius 2 is 1.93 bits per heavy atom. The fourth-order valence-electron chi connectivity index (χ4n) is 5.67. The summed E-state index contributed by atoms with van der Waals surface area (Å²) in [4.78, 5) is 14.7. The third-order valence-electron chi connectivity index (χ3n) is 6.91. The normalized spacial score (nSPS) is 29.7. The maximum Gasteiger partial charge on any atom is 0.246 e. The number of rotatable bonds is 0. The molecule has 0 aromatic heterocycles. The molecule has 2 saturated heterocycles. The summed E-state index contributed by atoms with van der Waals surface area (Å²) in [5.74, 6) is -0.208. The lowest BCUT2D eigenvalue weighted by atomic mass is 9.84. The summed E-state index contributed by atoms with van der Waals surface area (Å²) in [5, 5.41) is 3.24. The molecule has 2 fully saturated rings. The highest BCUT2D eigenvalue weighted by molar-refractivity contribution is 5.79. The van der Waals surface area contributed by atoms with Crippen LogP contribution >= 0.6 is 0 Å².